The summed E-state index contributed by atoms with van der Waals surface area (Å²) >= 11 is 5.97. The molecule has 0 aliphatic carbocycles. The number of likely N-dealkylation sites (N-methyl/N-ethyl adjacent to an activating group) is 1. The van der Waals surface area contributed by atoms with Crippen molar-refractivity contribution in [2.75, 3.05) is 26.7 Å². The molecule has 1 atom stereocenters. The molecular formula is C13H20ClN3. The molecular weight excluding hydrogens is 234 g/mol. The molecule has 1 aromatic rings. The first-order chi connectivity index (χ1) is 8.19. The van der Waals surface area contributed by atoms with Gasteiger partial charge in [0, 0.05) is 43.4 Å². The zero-order valence-corrected chi connectivity index (χ0v) is 11.3. The average Bonchev–Trinajstić information content (AvgIpc) is 2.32. The van der Waals surface area contributed by atoms with Crippen LogP contribution in [0.15, 0.2) is 18.3 Å². The molecule has 94 valence electrons. The van der Waals surface area contributed by atoms with E-state index >= 15 is 0 Å². The lowest BCUT2D eigenvalue weighted by molar-refractivity contribution is 0.0875. The van der Waals surface area contributed by atoms with Crippen LogP contribution < -0.4 is 0 Å². The lowest BCUT2D eigenvalue weighted by Gasteiger charge is -2.39. The molecule has 3 nitrogen and oxygen atoms in total. The van der Waals surface area contributed by atoms with Crippen LogP contribution in [-0.2, 0) is 6.54 Å². The molecule has 0 bridgehead atoms. The summed E-state index contributed by atoms with van der Waals surface area (Å²) in [6.45, 7) is 6.54. The number of hydrogen-bond acceptors (Lipinski definition) is 3. The van der Waals surface area contributed by atoms with Crippen molar-refractivity contribution in [1.82, 2.24) is 14.8 Å². The second kappa shape index (κ2) is 5.80. The Hall–Kier alpha value is -0.640. The second-order valence-corrected chi connectivity index (χ2v) is 5.18. The lowest BCUT2D eigenvalue weighted by atomic mass is 10.1. The summed E-state index contributed by atoms with van der Waals surface area (Å²) in [6.07, 6.45) is 2.99. The van der Waals surface area contributed by atoms with E-state index in [1.807, 2.05) is 12.1 Å². The highest BCUT2D eigenvalue weighted by Gasteiger charge is 2.22. The van der Waals surface area contributed by atoms with E-state index in [9.17, 15) is 0 Å². The molecule has 17 heavy (non-hydrogen) atoms. The highest BCUT2D eigenvalue weighted by atomic mass is 35.5. The third-order valence-corrected chi connectivity index (χ3v) is 3.73. The molecule has 2 heterocycles. The minimum absolute atomic E-state index is 0.669. The monoisotopic (exact) mass is 253 g/mol. The van der Waals surface area contributed by atoms with Crippen LogP contribution in [0.2, 0.25) is 5.02 Å². The van der Waals surface area contributed by atoms with E-state index < -0.39 is 0 Å². The molecule has 1 aliphatic heterocycles. The Balaban J connectivity index is 1.95. The first-order valence-corrected chi connectivity index (χ1v) is 6.60. The van der Waals surface area contributed by atoms with E-state index in [4.69, 9.17) is 11.6 Å². The smallest absolute Gasteiger partial charge is 0.0558 e. The third kappa shape index (κ3) is 3.41. The molecule has 1 aliphatic rings. The van der Waals surface area contributed by atoms with E-state index in [0.29, 0.717) is 6.04 Å². The first-order valence-electron chi connectivity index (χ1n) is 6.22. The molecule has 1 unspecified atom stereocenters. The number of pyridine rings is 1. The normalized spacial score (nSPS) is 22.9. The van der Waals surface area contributed by atoms with E-state index in [-0.39, 0.29) is 0 Å². The van der Waals surface area contributed by atoms with Crippen molar-refractivity contribution in [2.45, 2.75) is 25.9 Å². The van der Waals surface area contributed by atoms with Gasteiger partial charge in [-0.15, -0.1) is 0 Å². The Labute approximate surface area is 108 Å². The largest absolute Gasteiger partial charge is 0.301 e. The maximum absolute atomic E-state index is 5.97. The molecule has 0 N–H and O–H groups in total. The molecule has 0 spiro atoms. The minimum Gasteiger partial charge on any atom is -0.301 e. The van der Waals surface area contributed by atoms with E-state index in [0.717, 1.165) is 36.9 Å². The average molecular weight is 254 g/mol. The fraction of sp³-hybridized carbons (Fsp3) is 0.615. The van der Waals surface area contributed by atoms with E-state index in [1.165, 1.54) is 6.42 Å². The van der Waals surface area contributed by atoms with Gasteiger partial charge in [0.25, 0.3) is 0 Å². The second-order valence-electron chi connectivity index (χ2n) is 4.74. The fourth-order valence-electron chi connectivity index (χ4n) is 2.36. The number of nitrogens with zero attached hydrogens (tertiary/aromatic N) is 3. The van der Waals surface area contributed by atoms with Crippen molar-refractivity contribution in [3.05, 3.63) is 29.0 Å². The Morgan fingerprint density at radius 3 is 3.00 bits per heavy atom. The molecule has 4 heteroatoms. The topological polar surface area (TPSA) is 19.4 Å². The van der Waals surface area contributed by atoms with Gasteiger partial charge in [-0.05, 0) is 25.6 Å². The van der Waals surface area contributed by atoms with Crippen LogP contribution in [0, 0.1) is 0 Å². The van der Waals surface area contributed by atoms with Crippen LogP contribution >= 0.6 is 11.6 Å². The van der Waals surface area contributed by atoms with Gasteiger partial charge in [-0.25, -0.2) is 0 Å². The van der Waals surface area contributed by atoms with E-state index in [2.05, 4.69) is 28.8 Å². The van der Waals surface area contributed by atoms with Crippen LogP contribution in [0.4, 0.5) is 0 Å². The number of piperazine rings is 1. The van der Waals surface area contributed by atoms with Crippen molar-refractivity contribution in [2.24, 2.45) is 0 Å². The van der Waals surface area contributed by atoms with Gasteiger partial charge < -0.3 is 4.90 Å². The van der Waals surface area contributed by atoms with Crippen LogP contribution in [-0.4, -0.2) is 47.5 Å². The van der Waals surface area contributed by atoms with Gasteiger partial charge in [0.05, 0.1) is 5.69 Å². The van der Waals surface area contributed by atoms with Crippen LogP contribution in [0.5, 0.6) is 0 Å². The quantitative estimate of drug-likeness (QED) is 0.824. The maximum atomic E-state index is 5.97. The van der Waals surface area contributed by atoms with Gasteiger partial charge in [0.2, 0.25) is 0 Å². The molecule has 0 radical (unpaired) electrons. The predicted molar refractivity (Wildman–Crippen MR) is 71.2 cm³/mol. The molecule has 0 saturated carbocycles. The van der Waals surface area contributed by atoms with Crippen LogP contribution in [0.3, 0.4) is 0 Å². The molecule has 1 aromatic heterocycles. The highest BCUT2D eigenvalue weighted by molar-refractivity contribution is 6.30. The SMILES string of the molecule is CCC1CN(Cc2cc(Cl)ccn2)CCN1C. The predicted octanol–water partition coefficient (Wildman–Crippen LogP) is 2.26. The van der Waals surface area contributed by atoms with Crippen LogP contribution in [0.25, 0.3) is 0 Å². The standard InChI is InChI=1S/C13H20ClN3/c1-3-13-10-17(7-6-16(13)2)9-12-8-11(14)4-5-15-12/h4-5,8,13H,3,6-7,9-10H2,1-2H3. The first kappa shape index (κ1) is 12.8. The van der Waals surface area contributed by atoms with Crippen molar-refractivity contribution >= 4 is 11.6 Å². The van der Waals surface area contributed by atoms with Crippen molar-refractivity contribution in [3.8, 4) is 0 Å². The summed E-state index contributed by atoms with van der Waals surface area (Å²) in [6, 6.07) is 4.45. The zero-order chi connectivity index (χ0) is 12.3. The fourth-order valence-corrected chi connectivity index (χ4v) is 2.54. The number of rotatable bonds is 3. The summed E-state index contributed by atoms with van der Waals surface area (Å²) in [7, 11) is 2.21. The number of halogens is 1. The Kier molecular flexibility index (Phi) is 4.37. The lowest BCUT2D eigenvalue weighted by Crippen LogP contribution is -2.50. The molecule has 1 fully saturated rings. The zero-order valence-electron chi connectivity index (χ0n) is 10.6. The molecule has 1 saturated heterocycles. The summed E-state index contributed by atoms with van der Waals surface area (Å²) in [5, 5.41) is 0.774. The van der Waals surface area contributed by atoms with Crippen molar-refractivity contribution in [1.29, 1.82) is 0 Å². The maximum Gasteiger partial charge on any atom is 0.0558 e. The highest BCUT2D eigenvalue weighted by Crippen LogP contribution is 2.14. The van der Waals surface area contributed by atoms with Gasteiger partial charge in [-0.3, -0.25) is 9.88 Å². The van der Waals surface area contributed by atoms with Gasteiger partial charge in [0.1, 0.15) is 0 Å². The van der Waals surface area contributed by atoms with Gasteiger partial charge in [0.15, 0.2) is 0 Å². The Morgan fingerprint density at radius 2 is 2.29 bits per heavy atom. The summed E-state index contributed by atoms with van der Waals surface area (Å²) in [5.41, 5.74) is 1.07. The Morgan fingerprint density at radius 1 is 1.47 bits per heavy atom. The summed E-state index contributed by atoms with van der Waals surface area (Å²) in [4.78, 5) is 9.28. The van der Waals surface area contributed by atoms with Gasteiger partial charge in [-0.2, -0.15) is 0 Å². The Bertz CT molecular complexity index is 369. The molecule has 0 aromatic carbocycles. The number of aromatic nitrogens is 1. The number of hydrogen-bond donors (Lipinski definition) is 0. The third-order valence-electron chi connectivity index (χ3n) is 3.50. The van der Waals surface area contributed by atoms with Gasteiger partial charge in [-0.1, -0.05) is 18.5 Å². The van der Waals surface area contributed by atoms with Gasteiger partial charge >= 0.3 is 0 Å². The molecule has 0 amide bonds. The molecule has 2 rings (SSSR count). The summed E-state index contributed by atoms with van der Waals surface area (Å²) < 4.78 is 0. The minimum atomic E-state index is 0.669. The van der Waals surface area contributed by atoms with Crippen molar-refractivity contribution in [3.63, 3.8) is 0 Å². The van der Waals surface area contributed by atoms with Crippen LogP contribution in [0.1, 0.15) is 19.0 Å². The summed E-state index contributed by atoms with van der Waals surface area (Å²) in [5.74, 6) is 0. The van der Waals surface area contributed by atoms with Crippen molar-refractivity contribution < 1.29 is 0 Å². The van der Waals surface area contributed by atoms with E-state index in [1.54, 1.807) is 6.20 Å².